The van der Waals surface area contributed by atoms with Crippen molar-refractivity contribution in [2.45, 2.75) is 64.6 Å². The summed E-state index contributed by atoms with van der Waals surface area (Å²) in [7, 11) is 0. The molecule has 0 unspecified atom stereocenters. The number of nitrogens with zero attached hydrogens (tertiary/aromatic N) is 2. The summed E-state index contributed by atoms with van der Waals surface area (Å²) in [5.41, 5.74) is 3.85. The molecule has 0 atom stereocenters. The smallest absolute Gasteiger partial charge is 0.253 e. The highest BCUT2D eigenvalue weighted by Crippen LogP contribution is 2.19. The van der Waals surface area contributed by atoms with Gasteiger partial charge in [-0.1, -0.05) is 38.3 Å². The van der Waals surface area contributed by atoms with E-state index in [1.165, 1.54) is 24.8 Å². The first kappa shape index (κ1) is 21.5. The number of rotatable bonds is 6. The zero-order valence-corrected chi connectivity index (χ0v) is 18.9. The Morgan fingerprint density at radius 1 is 1.16 bits per heavy atom. The summed E-state index contributed by atoms with van der Waals surface area (Å²) < 4.78 is 0. The van der Waals surface area contributed by atoms with E-state index in [0.29, 0.717) is 24.2 Å². The van der Waals surface area contributed by atoms with Crippen LogP contribution in [0, 0.1) is 0 Å². The van der Waals surface area contributed by atoms with E-state index in [1.807, 2.05) is 30.5 Å². The Morgan fingerprint density at radius 2 is 2.00 bits per heavy atom. The lowest BCUT2D eigenvalue weighted by Gasteiger charge is -2.31. The van der Waals surface area contributed by atoms with Crippen LogP contribution in [0.25, 0.3) is 10.9 Å². The maximum Gasteiger partial charge on any atom is 0.253 e. The quantitative estimate of drug-likeness (QED) is 0.551. The molecular formula is C25H30N4OS. The van der Waals surface area contributed by atoms with Crippen molar-refractivity contribution >= 4 is 28.2 Å². The van der Waals surface area contributed by atoms with Crippen LogP contribution in [0.15, 0.2) is 53.6 Å². The number of H-pyrrole nitrogens is 1. The summed E-state index contributed by atoms with van der Waals surface area (Å²) in [6.45, 7) is 3.20. The van der Waals surface area contributed by atoms with Crippen molar-refractivity contribution in [1.82, 2.24) is 20.2 Å². The van der Waals surface area contributed by atoms with Gasteiger partial charge >= 0.3 is 0 Å². The van der Waals surface area contributed by atoms with E-state index in [9.17, 15) is 4.79 Å². The minimum atomic E-state index is -0.0617. The molecule has 3 aromatic rings. The van der Waals surface area contributed by atoms with Crippen LogP contribution < -0.4 is 10.9 Å². The van der Waals surface area contributed by atoms with E-state index in [-0.39, 0.29) is 5.56 Å². The molecule has 4 rings (SSSR count). The number of aryl methyl sites for hydroxylation is 1. The second-order valence-corrected chi connectivity index (χ2v) is 8.79. The fraction of sp³-hybridized carbons (Fsp3) is 0.400. The van der Waals surface area contributed by atoms with Gasteiger partial charge in [0.2, 0.25) is 0 Å². The van der Waals surface area contributed by atoms with Gasteiger partial charge in [-0.15, -0.1) is 0 Å². The summed E-state index contributed by atoms with van der Waals surface area (Å²) in [5.74, 6) is 0. The Labute approximate surface area is 188 Å². The molecule has 0 aliphatic heterocycles. The predicted molar refractivity (Wildman–Crippen MR) is 130 cm³/mol. The number of hydrogen-bond donors (Lipinski definition) is 2. The SMILES string of the molecule is CCc1ccc2[nH]c(=O)c(CN(Cc3cccnc3)C(=S)NC3CCCCC3)cc2c1. The van der Waals surface area contributed by atoms with Gasteiger partial charge in [-0.3, -0.25) is 9.78 Å². The summed E-state index contributed by atoms with van der Waals surface area (Å²) in [6, 6.07) is 12.6. The highest BCUT2D eigenvalue weighted by molar-refractivity contribution is 7.80. The largest absolute Gasteiger partial charge is 0.360 e. The zero-order chi connectivity index (χ0) is 21.6. The average molecular weight is 435 g/mol. The number of nitrogens with one attached hydrogen (secondary N) is 2. The van der Waals surface area contributed by atoms with E-state index >= 15 is 0 Å². The lowest BCUT2D eigenvalue weighted by atomic mass is 9.96. The molecule has 1 aliphatic carbocycles. The number of aromatic amines is 1. The van der Waals surface area contributed by atoms with Crippen molar-refractivity contribution in [1.29, 1.82) is 0 Å². The number of fused-ring (bicyclic) bond motifs is 1. The molecule has 1 aromatic carbocycles. The Bertz CT molecular complexity index is 1090. The van der Waals surface area contributed by atoms with Gasteiger partial charge in [-0.05, 0) is 72.3 Å². The van der Waals surface area contributed by atoms with Gasteiger partial charge in [0.25, 0.3) is 5.56 Å². The van der Waals surface area contributed by atoms with E-state index in [4.69, 9.17) is 12.2 Å². The lowest BCUT2D eigenvalue weighted by molar-refractivity contribution is 0.362. The number of hydrogen-bond acceptors (Lipinski definition) is 3. The summed E-state index contributed by atoms with van der Waals surface area (Å²) in [5, 5.41) is 5.32. The van der Waals surface area contributed by atoms with Gasteiger partial charge in [0.15, 0.2) is 5.11 Å². The minimum absolute atomic E-state index is 0.0617. The Kier molecular flexibility index (Phi) is 6.97. The van der Waals surface area contributed by atoms with Crippen molar-refractivity contribution < 1.29 is 0 Å². The van der Waals surface area contributed by atoms with Gasteiger partial charge in [-0.2, -0.15) is 0 Å². The molecule has 0 spiro atoms. The molecule has 1 aliphatic rings. The van der Waals surface area contributed by atoms with Crippen molar-refractivity contribution in [3.8, 4) is 0 Å². The van der Waals surface area contributed by atoms with Crippen LogP contribution >= 0.6 is 12.2 Å². The molecule has 1 saturated carbocycles. The highest BCUT2D eigenvalue weighted by atomic mass is 32.1. The van der Waals surface area contributed by atoms with Crippen LogP contribution in [0.5, 0.6) is 0 Å². The second-order valence-electron chi connectivity index (χ2n) is 8.40. The molecule has 0 amide bonds. The number of pyridine rings is 2. The van der Waals surface area contributed by atoms with E-state index in [1.54, 1.807) is 6.20 Å². The Morgan fingerprint density at radius 3 is 2.74 bits per heavy atom. The number of benzene rings is 1. The Balaban J connectivity index is 1.60. The van der Waals surface area contributed by atoms with Crippen LogP contribution in [0.3, 0.4) is 0 Å². The lowest BCUT2D eigenvalue weighted by Crippen LogP contribution is -2.45. The second kappa shape index (κ2) is 10.1. The third kappa shape index (κ3) is 5.50. The third-order valence-corrected chi connectivity index (χ3v) is 6.45. The fourth-order valence-electron chi connectivity index (χ4n) is 4.27. The van der Waals surface area contributed by atoms with Gasteiger partial charge in [0.05, 0.1) is 6.54 Å². The minimum Gasteiger partial charge on any atom is -0.360 e. The molecule has 162 valence electrons. The summed E-state index contributed by atoms with van der Waals surface area (Å²) in [4.78, 5) is 22.2. The van der Waals surface area contributed by atoms with Gasteiger partial charge in [0.1, 0.15) is 0 Å². The van der Waals surface area contributed by atoms with Gasteiger partial charge < -0.3 is 15.2 Å². The average Bonchev–Trinajstić information content (AvgIpc) is 2.80. The first-order chi connectivity index (χ1) is 15.1. The predicted octanol–water partition coefficient (Wildman–Crippen LogP) is 4.69. The fourth-order valence-corrected chi connectivity index (χ4v) is 4.56. The number of aromatic nitrogens is 2. The third-order valence-electron chi connectivity index (χ3n) is 6.07. The maximum atomic E-state index is 12.8. The maximum absolute atomic E-state index is 12.8. The number of thiocarbonyl (C=S) groups is 1. The Hall–Kier alpha value is -2.73. The van der Waals surface area contributed by atoms with Crippen LogP contribution in [-0.2, 0) is 19.5 Å². The molecule has 2 aromatic heterocycles. The molecular weight excluding hydrogens is 404 g/mol. The molecule has 6 heteroatoms. The van der Waals surface area contributed by atoms with Crippen molar-refractivity contribution in [2.75, 3.05) is 0 Å². The normalized spacial score (nSPS) is 14.5. The van der Waals surface area contributed by atoms with E-state index in [2.05, 4.69) is 39.2 Å². The highest BCUT2D eigenvalue weighted by Gasteiger charge is 2.19. The molecule has 31 heavy (non-hydrogen) atoms. The monoisotopic (exact) mass is 434 g/mol. The first-order valence-corrected chi connectivity index (χ1v) is 11.6. The summed E-state index contributed by atoms with van der Waals surface area (Å²) >= 11 is 5.82. The molecule has 2 heterocycles. The van der Waals surface area contributed by atoms with Gasteiger partial charge in [0, 0.05) is 36.1 Å². The molecule has 5 nitrogen and oxygen atoms in total. The molecule has 2 N–H and O–H groups in total. The molecule has 0 bridgehead atoms. The van der Waals surface area contributed by atoms with Crippen molar-refractivity contribution in [3.05, 3.63) is 75.8 Å². The molecule has 1 fully saturated rings. The molecule has 0 saturated heterocycles. The van der Waals surface area contributed by atoms with Gasteiger partial charge in [-0.25, -0.2) is 0 Å². The van der Waals surface area contributed by atoms with Crippen molar-refractivity contribution in [2.24, 2.45) is 0 Å². The molecule has 0 radical (unpaired) electrons. The van der Waals surface area contributed by atoms with Crippen LogP contribution in [-0.4, -0.2) is 26.0 Å². The summed E-state index contributed by atoms with van der Waals surface area (Å²) in [6.07, 6.45) is 10.7. The first-order valence-electron chi connectivity index (χ1n) is 11.2. The van der Waals surface area contributed by atoms with Crippen molar-refractivity contribution in [3.63, 3.8) is 0 Å². The van der Waals surface area contributed by atoms with E-state index < -0.39 is 0 Å². The van der Waals surface area contributed by atoms with E-state index in [0.717, 1.165) is 41.3 Å². The topological polar surface area (TPSA) is 61.0 Å². The standard InChI is InChI=1S/C25H30N4OS/c1-2-18-10-11-23-20(13-18)14-21(24(30)28-23)17-29(16-19-7-6-12-26-15-19)25(31)27-22-8-4-3-5-9-22/h6-7,10-15,22H,2-5,8-9,16-17H2,1H3,(H,27,31)(H,28,30). The van der Waals surface area contributed by atoms with Crippen LogP contribution in [0.2, 0.25) is 0 Å². The van der Waals surface area contributed by atoms with Crippen LogP contribution in [0.4, 0.5) is 0 Å². The van der Waals surface area contributed by atoms with Crippen LogP contribution in [0.1, 0.15) is 55.7 Å². The zero-order valence-electron chi connectivity index (χ0n) is 18.1.